The molecule has 15 heavy (non-hydrogen) atoms. The van der Waals surface area contributed by atoms with Gasteiger partial charge in [-0.15, -0.1) is 5.10 Å². The summed E-state index contributed by atoms with van der Waals surface area (Å²) in [5, 5.41) is 8.47. The molecule has 84 valence electrons. The third-order valence-electron chi connectivity index (χ3n) is 2.56. The first kappa shape index (κ1) is 11.9. The topological polar surface area (TPSA) is 55.0 Å². The number of aryl methyl sites for hydroxylation is 1. The van der Waals surface area contributed by atoms with Crippen LogP contribution in [0, 0.1) is 0 Å². The Bertz CT molecular complexity index is 334. The maximum atomic E-state index is 5.79. The Morgan fingerprint density at radius 3 is 2.13 bits per heavy atom. The largest absolute Gasteiger partial charge is 0.361 e. The smallest absolute Gasteiger partial charge is 0.155 e. The quantitative estimate of drug-likeness (QED) is 0.805. The Balaban J connectivity index is 3.34. The lowest BCUT2D eigenvalue weighted by molar-refractivity contribution is 0.825. The van der Waals surface area contributed by atoms with Gasteiger partial charge in [-0.3, -0.25) is 0 Å². The van der Waals surface area contributed by atoms with Crippen molar-refractivity contribution in [3.05, 3.63) is 16.8 Å². The molecule has 0 aliphatic rings. The van der Waals surface area contributed by atoms with Gasteiger partial charge in [-0.05, 0) is 18.4 Å². The Morgan fingerprint density at radius 1 is 1.07 bits per heavy atom. The van der Waals surface area contributed by atoms with Gasteiger partial charge in [0, 0.05) is 26.2 Å². The van der Waals surface area contributed by atoms with Crippen molar-refractivity contribution in [2.24, 2.45) is 5.73 Å². The van der Waals surface area contributed by atoms with E-state index in [0.29, 0.717) is 6.54 Å². The van der Waals surface area contributed by atoms with Gasteiger partial charge in [-0.25, -0.2) is 0 Å². The molecule has 0 radical (unpaired) electrons. The lowest BCUT2D eigenvalue weighted by Gasteiger charge is -2.18. The highest BCUT2D eigenvalue weighted by molar-refractivity contribution is 5.50. The van der Waals surface area contributed by atoms with E-state index in [4.69, 9.17) is 5.73 Å². The molecule has 0 aromatic carbocycles. The van der Waals surface area contributed by atoms with Crippen LogP contribution in [-0.4, -0.2) is 24.3 Å². The number of nitrogens with two attached hydrogens (primary N) is 1. The van der Waals surface area contributed by atoms with Gasteiger partial charge in [-0.2, -0.15) is 5.10 Å². The molecule has 1 heterocycles. The van der Waals surface area contributed by atoms with Crippen molar-refractivity contribution in [3.8, 4) is 0 Å². The summed E-state index contributed by atoms with van der Waals surface area (Å²) in [6.45, 7) is 4.76. The summed E-state index contributed by atoms with van der Waals surface area (Å²) in [5.41, 5.74) is 9.26. The van der Waals surface area contributed by atoms with Crippen LogP contribution >= 0.6 is 0 Å². The number of aromatic nitrogens is 2. The average Bonchev–Trinajstić information content (AvgIpc) is 2.26. The average molecular weight is 208 g/mol. The van der Waals surface area contributed by atoms with E-state index in [-0.39, 0.29) is 0 Å². The Kier molecular flexibility index (Phi) is 4.03. The van der Waals surface area contributed by atoms with Crippen LogP contribution in [0.4, 0.5) is 5.82 Å². The molecule has 0 unspecified atom stereocenters. The van der Waals surface area contributed by atoms with Gasteiger partial charge in [-0.1, -0.05) is 13.8 Å². The van der Waals surface area contributed by atoms with Gasteiger partial charge in [0.2, 0.25) is 0 Å². The fourth-order valence-electron chi connectivity index (χ4n) is 1.81. The summed E-state index contributed by atoms with van der Waals surface area (Å²) < 4.78 is 0. The zero-order valence-corrected chi connectivity index (χ0v) is 10.0. The summed E-state index contributed by atoms with van der Waals surface area (Å²) in [6.07, 6.45) is 1.88. The van der Waals surface area contributed by atoms with E-state index in [0.717, 1.165) is 29.9 Å². The van der Waals surface area contributed by atoms with E-state index in [2.05, 4.69) is 24.0 Å². The number of hydrogen-bond acceptors (Lipinski definition) is 4. The van der Waals surface area contributed by atoms with E-state index in [1.54, 1.807) is 0 Å². The van der Waals surface area contributed by atoms with E-state index >= 15 is 0 Å². The van der Waals surface area contributed by atoms with Gasteiger partial charge in [0.25, 0.3) is 0 Å². The molecule has 0 fully saturated rings. The fourth-order valence-corrected chi connectivity index (χ4v) is 1.81. The van der Waals surface area contributed by atoms with Crippen LogP contribution in [0.2, 0.25) is 0 Å². The summed E-state index contributed by atoms with van der Waals surface area (Å²) >= 11 is 0. The second-order valence-corrected chi connectivity index (χ2v) is 3.73. The maximum Gasteiger partial charge on any atom is 0.155 e. The number of rotatable bonds is 4. The van der Waals surface area contributed by atoms with E-state index in [9.17, 15) is 0 Å². The molecule has 0 aliphatic carbocycles. The molecule has 4 heteroatoms. The van der Waals surface area contributed by atoms with Crippen LogP contribution in [-0.2, 0) is 19.4 Å². The Hall–Kier alpha value is -1.16. The Labute approximate surface area is 91.5 Å². The molecule has 2 N–H and O–H groups in total. The minimum atomic E-state index is 0.527. The van der Waals surface area contributed by atoms with E-state index < -0.39 is 0 Å². The van der Waals surface area contributed by atoms with Crippen molar-refractivity contribution in [1.82, 2.24) is 10.2 Å². The molecule has 1 rings (SSSR count). The SMILES string of the molecule is CCc1nnc(N(C)C)c(CN)c1CC. The predicted octanol–water partition coefficient (Wildman–Crippen LogP) is 1.13. The van der Waals surface area contributed by atoms with Crippen molar-refractivity contribution in [3.63, 3.8) is 0 Å². The summed E-state index contributed by atoms with van der Waals surface area (Å²) in [6, 6.07) is 0. The molecule has 0 bridgehead atoms. The summed E-state index contributed by atoms with van der Waals surface area (Å²) in [7, 11) is 3.93. The highest BCUT2D eigenvalue weighted by atomic mass is 15.2. The van der Waals surface area contributed by atoms with Crippen molar-refractivity contribution in [1.29, 1.82) is 0 Å². The second-order valence-electron chi connectivity index (χ2n) is 3.73. The van der Waals surface area contributed by atoms with Crippen LogP contribution in [0.1, 0.15) is 30.7 Å². The van der Waals surface area contributed by atoms with Gasteiger partial charge in [0.1, 0.15) is 0 Å². The first-order valence-corrected chi connectivity index (χ1v) is 5.40. The third-order valence-corrected chi connectivity index (χ3v) is 2.56. The molecule has 4 nitrogen and oxygen atoms in total. The highest BCUT2D eigenvalue weighted by Gasteiger charge is 2.13. The van der Waals surface area contributed by atoms with Crippen molar-refractivity contribution < 1.29 is 0 Å². The monoisotopic (exact) mass is 208 g/mol. The van der Waals surface area contributed by atoms with Crippen molar-refractivity contribution >= 4 is 5.82 Å². The number of anilines is 1. The van der Waals surface area contributed by atoms with Gasteiger partial charge >= 0.3 is 0 Å². The molecule has 1 aromatic heterocycles. The third kappa shape index (κ3) is 2.26. The normalized spacial score (nSPS) is 10.5. The molecule has 0 atom stereocenters. The van der Waals surface area contributed by atoms with E-state index in [1.165, 1.54) is 5.56 Å². The van der Waals surface area contributed by atoms with Crippen LogP contribution in [0.15, 0.2) is 0 Å². The number of hydrogen-bond donors (Lipinski definition) is 1. The molecule has 0 saturated carbocycles. The molecule has 1 aromatic rings. The number of nitrogens with zero attached hydrogens (tertiary/aromatic N) is 3. The first-order chi connectivity index (χ1) is 7.15. The summed E-state index contributed by atoms with van der Waals surface area (Å²) in [5.74, 6) is 0.895. The predicted molar refractivity (Wildman–Crippen MR) is 63.0 cm³/mol. The van der Waals surface area contributed by atoms with Crippen LogP contribution < -0.4 is 10.6 Å². The molecule has 0 saturated heterocycles. The maximum absolute atomic E-state index is 5.79. The van der Waals surface area contributed by atoms with Crippen molar-refractivity contribution in [2.45, 2.75) is 33.2 Å². The Morgan fingerprint density at radius 2 is 1.73 bits per heavy atom. The van der Waals surface area contributed by atoms with E-state index in [1.807, 2.05) is 19.0 Å². The second kappa shape index (κ2) is 5.07. The minimum Gasteiger partial charge on any atom is -0.361 e. The highest BCUT2D eigenvalue weighted by Crippen LogP contribution is 2.21. The molecular weight excluding hydrogens is 188 g/mol. The molecule has 0 amide bonds. The van der Waals surface area contributed by atoms with Gasteiger partial charge in [0.15, 0.2) is 5.82 Å². The zero-order valence-electron chi connectivity index (χ0n) is 10.0. The lowest BCUT2D eigenvalue weighted by Crippen LogP contribution is -2.19. The van der Waals surface area contributed by atoms with Gasteiger partial charge in [0.05, 0.1) is 5.69 Å². The molecule has 0 spiro atoms. The molecular formula is C11H20N4. The minimum absolute atomic E-state index is 0.527. The van der Waals surface area contributed by atoms with Crippen LogP contribution in [0.5, 0.6) is 0 Å². The van der Waals surface area contributed by atoms with Crippen molar-refractivity contribution in [2.75, 3.05) is 19.0 Å². The fraction of sp³-hybridized carbons (Fsp3) is 0.636. The van der Waals surface area contributed by atoms with Crippen LogP contribution in [0.3, 0.4) is 0 Å². The standard InChI is InChI=1S/C11H20N4/c1-5-8-9(7-12)11(15(3)4)14-13-10(8)6-2/h5-7,12H2,1-4H3. The van der Waals surface area contributed by atoms with Crippen LogP contribution in [0.25, 0.3) is 0 Å². The first-order valence-electron chi connectivity index (χ1n) is 5.40. The zero-order chi connectivity index (χ0) is 11.4. The lowest BCUT2D eigenvalue weighted by atomic mass is 10.0. The summed E-state index contributed by atoms with van der Waals surface area (Å²) in [4.78, 5) is 1.97. The molecule has 0 aliphatic heterocycles. The van der Waals surface area contributed by atoms with Gasteiger partial charge < -0.3 is 10.6 Å².